The van der Waals surface area contributed by atoms with E-state index in [0.29, 0.717) is 16.0 Å². The van der Waals surface area contributed by atoms with Gasteiger partial charge in [-0.1, -0.05) is 29.4 Å². The topological polar surface area (TPSA) is 78.4 Å². The summed E-state index contributed by atoms with van der Waals surface area (Å²) in [6, 6.07) is 12.1. The highest BCUT2D eigenvalue weighted by atomic mass is 35.5. The van der Waals surface area contributed by atoms with Crippen LogP contribution in [0.2, 0.25) is 5.02 Å². The Morgan fingerprint density at radius 1 is 1.07 bits per heavy atom. The lowest BCUT2D eigenvalue weighted by Gasteiger charge is -2.13. The molecular weight excluding hydrogens is 398 g/mol. The highest BCUT2D eigenvalue weighted by Crippen LogP contribution is 2.42. The minimum absolute atomic E-state index is 0.00591. The Morgan fingerprint density at radius 2 is 1.85 bits per heavy atom. The SMILES string of the molecule is Nc1cc(Sc2cccc(Cl)c2)c(Oc2ccc(F)cc2F)cc1[N+](=O)[O-]. The maximum absolute atomic E-state index is 13.9. The fourth-order valence-corrected chi connectivity index (χ4v) is 3.44. The van der Waals surface area contributed by atoms with Gasteiger partial charge in [-0.3, -0.25) is 10.1 Å². The van der Waals surface area contributed by atoms with E-state index in [4.69, 9.17) is 22.1 Å². The van der Waals surface area contributed by atoms with E-state index in [0.717, 1.165) is 23.1 Å². The summed E-state index contributed by atoms with van der Waals surface area (Å²) in [7, 11) is 0. The quantitative estimate of drug-likeness (QED) is 0.315. The number of anilines is 1. The van der Waals surface area contributed by atoms with Gasteiger partial charge < -0.3 is 10.5 Å². The molecule has 0 fully saturated rings. The lowest BCUT2D eigenvalue weighted by Crippen LogP contribution is -1.98. The van der Waals surface area contributed by atoms with Crippen molar-refractivity contribution in [3.05, 3.63) is 81.4 Å². The van der Waals surface area contributed by atoms with Gasteiger partial charge in [0.05, 0.1) is 15.9 Å². The van der Waals surface area contributed by atoms with Crippen molar-refractivity contribution in [1.29, 1.82) is 0 Å². The van der Waals surface area contributed by atoms with Crippen molar-refractivity contribution in [2.24, 2.45) is 0 Å². The molecule has 0 radical (unpaired) electrons. The van der Waals surface area contributed by atoms with Crippen LogP contribution in [0, 0.1) is 21.7 Å². The predicted molar refractivity (Wildman–Crippen MR) is 99.5 cm³/mol. The number of ether oxygens (including phenoxy) is 1. The first-order chi connectivity index (χ1) is 12.8. The zero-order valence-corrected chi connectivity index (χ0v) is 15.1. The Balaban J connectivity index is 2.05. The van der Waals surface area contributed by atoms with Gasteiger partial charge >= 0.3 is 0 Å². The molecule has 0 amide bonds. The Morgan fingerprint density at radius 3 is 2.52 bits per heavy atom. The molecule has 27 heavy (non-hydrogen) atoms. The van der Waals surface area contributed by atoms with Crippen LogP contribution in [-0.2, 0) is 0 Å². The van der Waals surface area contributed by atoms with E-state index in [9.17, 15) is 18.9 Å². The van der Waals surface area contributed by atoms with Crippen LogP contribution in [0.25, 0.3) is 0 Å². The fourth-order valence-electron chi connectivity index (χ4n) is 2.22. The molecule has 0 unspecified atom stereocenters. The normalized spacial score (nSPS) is 10.6. The predicted octanol–water partition coefficient (Wildman–Crippen LogP) is 6.05. The van der Waals surface area contributed by atoms with E-state index in [1.807, 2.05) is 0 Å². The minimum atomic E-state index is -0.937. The van der Waals surface area contributed by atoms with E-state index >= 15 is 0 Å². The molecule has 138 valence electrons. The highest BCUT2D eigenvalue weighted by Gasteiger charge is 2.20. The Labute approximate surface area is 161 Å². The zero-order valence-electron chi connectivity index (χ0n) is 13.5. The van der Waals surface area contributed by atoms with Crippen LogP contribution in [0.4, 0.5) is 20.2 Å². The smallest absolute Gasteiger partial charge is 0.295 e. The number of nitrogens with two attached hydrogens (primary N) is 1. The van der Waals surface area contributed by atoms with E-state index in [1.54, 1.807) is 24.3 Å². The third-order valence-corrected chi connectivity index (χ3v) is 4.69. The van der Waals surface area contributed by atoms with Crippen molar-refractivity contribution in [3.63, 3.8) is 0 Å². The second-order valence-electron chi connectivity index (χ2n) is 5.35. The van der Waals surface area contributed by atoms with Gasteiger partial charge in [-0.05, 0) is 36.4 Å². The van der Waals surface area contributed by atoms with Crippen LogP contribution in [0.15, 0.2) is 64.4 Å². The van der Waals surface area contributed by atoms with Crippen LogP contribution in [0.3, 0.4) is 0 Å². The van der Waals surface area contributed by atoms with Crippen LogP contribution in [0.5, 0.6) is 11.5 Å². The molecule has 0 bridgehead atoms. The summed E-state index contributed by atoms with van der Waals surface area (Å²) in [5.41, 5.74) is 5.30. The van der Waals surface area contributed by atoms with Crippen LogP contribution >= 0.6 is 23.4 Å². The number of nitro benzene ring substituents is 1. The number of nitrogen functional groups attached to an aromatic ring is 1. The van der Waals surface area contributed by atoms with E-state index in [-0.39, 0.29) is 22.9 Å². The number of hydrogen-bond donors (Lipinski definition) is 1. The number of halogens is 3. The molecule has 3 aromatic rings. The fraction of sp³-hybridized carbons (Fsp3) is 0. The molecule has 0 atom stereocenters. The van der Waals surface area contributed by atoms with Crippen molar-refractivity contribution >= 4 is 34.7 Å². The van der Waals surface area contributed by atoms with Gasteiger partial charge in [0.25, 0.3) is 5.69 Å². The lowest BCUT2D eigenvalue weighted by molar-refractivity contribution is -0.384. The number of nitro groups is 1. The Bertz CT molecular complexity index is 1030. The first-order valence-electron chi connectivity index (χ1n) is 7.47. The zero-order chi connectivity index (χ0) is 19.6. The third kappa shape index (κ3) is 4.47. The summed E-state index contributed by atoms with van der Waals surface area (Å²) in [6.07, 6.45) is 0. The van der Waals surface area contributed by atoms with Gasteiger partial charge in [-0.25, -0.2) is 8.78 Å². The number of rotatable bonds is 5. The maximum atomic E-state index is 13.9. The van der Waals surface area contributed by atoms with Crippen molar-refractivity contribution in [3.8, 4) is 11.5 Å². The van der Waals surface area contributed by atoms with Crippen molar-refractivity contribution in [1.82, 2.24) is 0 Å². The second kappa shape index (κ2) is 7.81. The van der Waals surface area contributed by atoms with Gasteiger partial charge in [0, 0.05) is 16.0 Å². The standard InChI is InChI=1S/C18H11ClF2N2O3S/c19-10-2-1-3-12(6-10)27-18-8-14(22)15(23(24)25)9-17(18)26-16-5-4-11(20)7-13(16)21/h1-9H,22H2. The summed E-state index contributed by atoms with van der Waals surface area (Å²) in [6.45, 7) is 0. The van der Waals surface area contributed by atoms with Crippen molar-refractivity contribution in [2.75, 3.05) is 5.73 Å². The minimum Gasteiger partial charge on any atom is -0.453 e. The molecule has 0 spiro atoms. The van der Waals surface area contributed by atoms with Gasteiger partial charge in [0.1, 0.15) is 17.3 Å². The van der Waals surface area contributed by atoms with Gasteiger partial charge in [0.2, 0.25) is 0 Å². The van der Waals surface area contributed by atoms with E-state index in [1.165, 1.54) is 17.8 Å². The molecule has 3 aromatic carbocycles. The third-order valence-electron chi connectivity index (χ3n) is 3.43. The van der Waals surface area contributed by atoms with Crippen LogP contribution in [-0.4, -0.2) is 4.92 Å². The molecule has 0 aliphatic carbocycles. The highest BCUT2D eigenvalue weighted by molar-refractivity contribution is 7.99. The Hall–Kier alpha value is -2.84. The molecule has 3 rings (SSSR count). The molecular formula is C18H11ClF2N2O3S. The molecule has 0 aliphatic rings. The Kier molecular flexibility index (Phi) is 5.48. The largest absolute Gasteiger partial charge is 0.453 e. The van der Waals surface area contributed by atoms with Crippen LogP contribution < -0.4 is 10.5 Å². The second-order valence-corrected chi connectivity index (χ2v) is 6.90. The average Bonchev–Trinajstić information content (AvgIpc) is 2.59. The summed E-state index contributed by atoms with van der Waals surface area (Å²) in [5, 5.41) is 11.7. The number of benzene rings is 3. The van der Waals surface area contributed by atoms with Crippen molar-refractivity contribution in [2.45, 2.75) is 9.79 Å². The molecule has 2 N–H and O–H groups in total. The molecule has 0 saturated carbocycles. The molecule has 0 aliphatic heterocycles. The van der Waals surface area contributed by atoms with Crippen LogP contribution in [0.1, 0.15) is 0 Å². The van der Waals surface area contributed by atoms with E-state index < -0.39 is 16.6 Å². The summed E-state index contributed by atoms with van der Waals surface area (Å²) in [4.78, 5) is 11.6. The monoisotopic (exact) mass is 408 g/mol. The molecule has 0 saturated heterocycles. The van der Waals surface area contributed by atoms with Crippen molar-refractivity contribution < 1.29 is 18.4 Å². The summed E-state index contributed by atoms with van der Waals surface area (Å²) in [5.74, 6) is -1.97. The molecule has 5 nitrogen and oxygen atoms in total. The van der Waals surface area contributed by atoms with Gasteiger partial charge in [0.15, 0.2) is 11.6 Å². The first-order valence-corrected chi connectivity index (χ1v) is 8.67. The number of nitrogens with zero attached hydrogens (tertiary/aromatic N) is 1. The molecule has 0 aromatic heterocycles. The molecule has 0 heterocycles. The summed E-state index contributed by atoms with van der Waals surface area (Å²) < 4.78 is 32.5. The number of hydrogen-bond acceptors (Lipinski definition) is 5. The molecule has 9 heteroatoms. The lowest BCUT2D eigenvalue weighted by atomic mass is 10.2. The van der Waals surface area contributed by atoms with Gasteiger partial charge in [-0.15, -0.1) is 0 Å². The average molecular weight is 409 g/mol. The van der Waals surface area contributed by atoms with Gasteiger partial charge in [-0.2, -0.15) is 0 Å². The summed E-state index contributed by atoms with van der Waals surface area (Å²) >= 11 is 7.15. The first kappa shape index (κ1) is 18.9. The maximum Gasteiger partial charge on any atom is 0.295 e. The van der Waals surface area contributed by atoms with E-state index in [2.05, 4.69) is 0 Å².